The van der Waals surface area contributed by atoms with Gasteiger partial charge in [0.15, 0.2) is 5.78 Å². The van der Waals surface area contributed by atoms with Gasteiger partial charge in [-0.05, 0) is 42.9 Å². The second-order valence-electron chi connectivity index (χ2n) is 6.46. The fraction of sp³-hybridized carbons (Fsp3) is 0.389. The van der Waals surface area contributed by atoms with E-state index in [9.17, 15) is 13.6 Å². The van der Waals surface area contributed by atoms with Crippen LogP contribution >= 0.6 is 0 Å². The molecule has 1 aromatic heterocycles. The summed E-state index contributed by atoms with van der Waals surface area (Å²) in [6, 6.07) is 3.44. The van der Waals surface area contributed by atoms with Gasteiger partial charge in [-0.3, -0.25) is 4.79 Å². The standard InChI is InChI=1S/C18H17F2N3O/c19-13-5-11(6-14(20)9-13)12-7-16-15(17(24)8-12)10-21-18(22-16)23-3-1-2-4-23/h5-6,9-10,12H,1-4,7-8H2/t12-/m0/s1. The highest BCUT2D eigenvalue weighted by Gasteiger charge is 2.29. The van der Waals surface area contributed by atoms with E-state index in [1.54, 1.807) is 6.20 Å². The van der Waals surface area contributed by atoms with Gasteiger partial charge in [0, 0.05) is 31.8 Å². The smallest absolute Gasteiger partial charge is 0.225 e. The molecular formula is C18H17F2N3O. The monoisotopic (exact) mass is 329 g/mol. The summed E-state index contributed by atoms with van der Waals surface area (Å²) in [5, 5.41) is 0. The van der Waals surface area contributed by atoms with Gasteiger partial charge in [-0.15, -0.1) is 0 Å². The SMILES string of the molecule is O=C1C[C@@H](c2cc(F)cc(F)c2)Cc2nc(N3CCCC3)ncc21. The summed E-state index contributed by atoms with van der Waals surface area (Å²) in [5.41, 5.74) is 1.72. The van der Waals surface area contributed by atoms with Gasteiger partial charge in [0.2, 0.25) is 5.95 Å². The van der Waals surface area contributed by atoms with E-state index in [1.807, 2.05) is 0 Å². The van der Waals surface area contributed by atoms with Crippen LogP contribution in [-0.2, 0) is 6.42 Å². The normalized spacial score (nSPS) is 20.3. The second-order valence-corrected chi connectivity index (χ2v) is 6.46. The van der Waals surface area contributed by atoms with Crippen LogP contribution < -0.4 is 4.90 Å². The van der Waals surface area contributed by atoms with Crippen LogP contribution in [0.2, 0.25) is 0 Å². The first-order chi connectivity index (χ1) is 11.6. The minimum Gasteiger partial charge on any atom is -0.341 e. The predicted molar refractivity (Wildman–Crippen MR) is 85.2 cm³/mol. The lowest BCUT2D eigenvalue weighted by Crippen LogP contribution is -2.25. The molecule has 6 heteroatoms. The number of ketones is 1. The maximum atomic E-state index is 13.5. The first-order valence-electron chi connectivity index (χ1n) is 8.20. The Balaban J connectivity index is 1.67. The Morgan fingerprint density at radius 3 is 2.46 bits per heavy atom. The number of fused-ring (bicyclic) bond motifs is 1. The van der Waals surface area contributed by atoms with E-state index in [-0.39, 0.29) is 18.1 Å². The molecule has 0 amide bonds. The van der Waals surface area contributed by atoms with Crippen molar-refractivity contribution in [2.45, 2.75) is 31.6 Å². The number of carbonyl (C=O) groups is 1. The fourth-order valence-corrected chi connectivity index (χ4v) is 3.55. The minimum atomic E-state index is -0.622. The van der Waals surface area contributed by atoms with Gasteiger partial charge in [-0.25, -0.2) is 18.7 Å². The average molecular weight is 329 g/mol. The molecule has 2 heterocycles. The van der Waals surface area contributed by atoms with Crippen molar-refractivity contribution in [1.82, 2.24) is 9.97 Å². The molecule has 0 spiro atoms. The van der Waals surface area contributed by atoms with Gasteiger partial charge in [0.1, 0.15) is 11.6 Å². The summed E-state index contributed by atoms with van der Waals surface area (Å²) in [5.74, 6) is -0.923. The molecule has 1 aliphatic carbocycles. The Morgan fingerprint density at radius 2 is 1.75 bits per heavy atom. The van der Waals surface area contributed by atoms with Gasteiger partial charge in [-0.2, -0.15) is 0 Å². The molecule has 2 aliphatic rings. The lowest BCUT2D eigenvalue weighted by Gasteiger charge is -2.24. The molecule has 1 aromatic carbocycles. The van der Waals surface area contributed by atoms with E-state index in [0.717, 1.165) is 32.0 Å². The van der Waals surface area contributed by atoms with Crippen LogP contribution in [0.5, 0.6) is 0 Å². The molecule has 0 radical (unpaired) electrons. The van der Waals surface area contributed by atoms with E-state index >= 15 is 0 Å². The Morgan fingerprint density at radius 1 is 1.04 bits per heavy atom. The van der Waals surface area contributed by atoms with Gasteiger partial charge in [0.05, 0.1) is 11.3 Å². The molecule has 24 heavy (non-hydrogen) atoms. The minimum absolute atomic E-state index is 0.0705. The van der Waals surface area contributed by atoms with E-state index in [1.165, 1.54) is 12.1 Å². The first-order valence-corrected chi connectivity index (χ1v) is 8.20. The van der Waals surface area contributed by atoms with Gasteiger partial charge in [0.25, 0.3) is 0 Å². The number of hydrogen-bond acceptors (Lipinski definition) is 4. The largest absolute Gasteiger partial charge is 0.341 e. The highest BCUT2D eigenvalue weighted by atomic mass is 19.1. The number of aromatic nitrogens is 2. The second kappa shape index (κ2) is 5.92. The fourth-order valence-electron chi connectivity index (χ4n) is 3.55. The topological polar surface area (TPSA) is 46.1 Å². The molecule has 0 saturated carbocycles. The molecule has 0 bridgehead atoms. The molecule has 1 aliphatic heterocycles. The summed E-state index contributed by atoms with van der Waals surface area (Å²) >= 11 is 0. The zero-order chi connectivity index (χ0) is 16.7. The molecule has 4 nitrogen and oxygen atoms in total. The third kappa shape index (κ3) is 2.77. The summed E-state index contributed by atoms with van der Waals surface area (Å²) in [4.78, 5) is 23.4. The van der Waals surface area contributed by atoms with E-state index < -0.39 is 11.6 Å². The van der Waals surface area contributed by atoms with Crippen molar-refractivity contribution < 1.29 is 13.6 Å². The van der Waals surface area contributed by atoms with E-state index in [2.05, 4.69) is 14.9 Å². The maximum absolute atomic E-state index is 13.5. The number of halogens is 2. The Labute approximate surface area is 138 Å². The molecule has 124 valence electrons. The molecular weight excluding hydrogens is 312 g/mol. The number of carbonyl (C=O) groups excluding carboxylic acids is 1. The number of Topliss-reactive ketones (excluding diaryl/α,β-unsaturated/α-hetero) is 1. The van der Waals surface area contributed by atoms with Crippen LogP contribution in [0.3, 0.4) is 0 Å². The molecule has 0 unspecified atom stereocenters. The van der Waals surface area contributed by atoms with Crippen molar-refractivity contribution in [3.8, 4) is 0 Å². The van der Waals surface area contributed by atoms with Gasteiger partial charge in [-0.1, -0.05) is 0 Å². The third-order valence-corrected chi connectivity index (χ3v) is 4.77. The molecule has 0 N–H and O–H groups in total. The zero-order valence-corrected chi connectivity index (χ0v) is 13.1. The van der Waals surface area contributed by atoms with E-state index in [4.69, 9.17) is 0 Å². The Bertz CT molecular complexity index is 783. The highest BCUT2D eigenvalue weighted by Crippen LogP contribution is 2.33. The summed E-state index contributed by atoms with van der Waals surface area (Å²) in [6.07, 6.45) is 4.55. The van der Waals surface area contributed by atoms with Crippen molar-refractivity contribution in [3.05, 3.63) is 52.9 Å². The molecule has 1 saturated heterocycles. The van der Waals surface area contributed by atoms with Crippen LogP contribution in [0, 0.1) is 11.6 Å². The van der Waals surface area contributed by atoms with Gasteiger partial charge >= 0.3 is 0 Å². The van der Waals surface area contributed by atoms with Crippen LogP contribution in [0.4, 0.5) is 14.7 Å². The zero-order valence-electron chi connectivity index (χ0n) is 13.1. The number of benzene rings is 1. The maximum Gasteiger partial charge on any atom is 0.225 e. The number of nitrogens with zero attached hydrogens (tertiary/aromatic N) is 3. The quantitative estimate of drug-likeness (QED) is 0.848. The number of rotatable bonds is 2. The van der Waals surface area contributed by atoms with Crippen molar-refractivity contribution in [1.29, 1.82) is 0 Å². The third-order valence-electron chi connectivity index (χ3n) is 4.77. The van der Waals surface area contributed by atoms with Gasteiger partial charge < -0.3 is 4.90 Å². The molecule has 1 atom stereocenters. The lowest BCUT2D eigenvalue weighted by molar-refractivity contribution is 0.0962. The van der Waals surface area contributed by atoms with Crippen molar-refractivity contribution in [2.24, 2.45) is 0 Å². The average Bonchev–Trinajstić information content (AvgIpc) is 3.08. The van der Waals surface area contributed by atoms with Crippen molar-refractivity contribution >= 4 is 11.7 Å². The molecule has 1 fully saturated rings. The highest BCUT2D eigenvalue weighted by molar-refractivity contribution is 5.98. The van der Waals surface area contributed by atoms with Crippen LogP contribution in [-0.4, -0.2) is 28.8 Å². The Kier molecular flexibility index (Phi) is 3.75. The molecule has 2 aromatic rings. The summed E-state index contributed by atoms with van der Waals surface area (Å²) in [7, 11) is 0. The van der Waals surface area contributed by atoms with Crippen molar-refractivity contribution in [2.75, 3.05) is 18.0 Å². The van der Waals surface area contributed by atoms with Crippen LogP contribution in [0.15, 0.2) is 24.4 Å². The van der Waals surface area contributed by atoms with Crippen LogP contribution in [0.25, 0.3) is 0 Å². The van der Waals surface area contributed by atoms with E-state index in [0.29, 0.717) is 29.2 Å². The Hall–Kier alpha value is -2.37. The number of anilines is 1. The summed E-state index contributed by atoms with van der Waals surface area (Å²) < 4.78 is 27.0. The predicted octanol–water partition coefficient (Wildman–Crippen LogP) is 3.27. The summed E-state index contributed by atoms with van der Waals surface area (Å²) in [6.45, 7) is 1.84. The van der Waals surface area contributed by atoms with Crippen LogP contribution in [0.1, 0.15) is 46.8 Å². The lowest BCUT2D eigenvalue weighted by atomic mass is 9.82. The molecule has 4 rings (SSSR count). The first kappa shape index (κ1) is 15.2. The number of hydrogen-bond donors (Lipinski definition) is 0. The van der Waals surface area contributed by atoms with Crippen molar-refractivity contribution in [3.63, 3.8) is 0 Å².